The fourth-order valence-corrected chi connectivity index (χ4v) is 1.87. The van der Waals surface area contributed by atoms with Crippen LogP contribution in [0.4, 0.5) is 5.82 Å². The Hall–Kier alpha value is -1.95. The van der Waals surface area contributed by atoms with Crippen molar-refractivity contribution in [2.45, 2.75) is 27.2 Å². The Balaban J connectivity index is 2.60. The van der Waals surface area contributed by atoms with Gasteiger partial charge in [-0.1, -0.05) is 6.92 Å². The maximum Gasteiger partial charge on any atom is 0.165 e. The Morgan fingerprint density at radius 1 is 1.33 bits per heavy atom. The van der Waals surface area contributed by atoms with E-state index in [2.05, 4.69) is 27.4 Å². The highest BCUT2D eigenvalue weighted by molar-refractivity contribution is 5.61. The van der Waals surface area contributed by atoms with E-state index in [9.17, 15) is 0 Å². The summed E-state index contributed by atoms with van der Waals surface area (Å²) in [7, 11) is 1.89. The molecular formula is C12H18N6. The van der Waals surface area contributed by atoms with E-state index >= 15 is 0 Å². The molecule has 6 nitrogen and oxygen atoms in total. The second-order valence-corrected chi connectivity index (χ2v) is 4.27. The predicted molar refractivity (Wildman–Crippen MR) is 70.9 cm³/mol. The summed E-state index contributed by atoms with van der Waals surface area (Å²) in [6, 6.07) is 0. The number of nitrogens with two attached hydrogens (primary N) is 1. The molecule has 0 aliphatic heterocycles. The van der Waals surface area contributed by atoms with Crippen molar-refractivity contribution in [2.75, 3.05) is 5.43 Å². The van der Waals surface area contributed by atoms with Crippen molar-refractivity contribution < 1.29 is 0 Å². The lowest BCUT2D eigenvalue weighted by atomic mass is 10.2. The molecule has 0 unspecified atom stereocenters. The highest BCUT2D eigenvalue weighted by Crippen LogP contribution is 2.23. The number of hydrazine groups is 1. The zero-order valence-electron chi connectivity index (χ0n) is 11.2. The third-order valence-corrected chi connectivity index (χ3v) is 3.01. The number of anilines is 1. The first-order valence-corrected chi connectivity index (χ1v) is 5.91. The van der Waals surface area contributed by atoms with Crippen molar-refractivity contribution in [1.29, 1.82) is 0 Å². The van der Waals surface area contributed by atoms with Crippen LogP contribution >= 0.6 is 0 Å². The molecule has 0 aliphatic carbocycles. The van der Waals surface area contributed by atoms with E-state index < -0.39 is 0 Å². The van der Waals surface area contributed by atoms with Crippen LogP contribution in [0.1, 0.15) is 23.9 Å². The van der Waals surface area contributed by atoms with Crippen LogP contribution in [0.3, 0.4) is 0 Å². The molecule has 0 spiro atoms. The summed E-state index contributed by atoms with van der Waals surface area (Å²) in [5, 5.41) is 4.40. The first-order valence-electron chi connectivity index (χ1n) is 5.91. The molecule has 0 saturated carbocycles. The maximum atomic E-state index is 5.48. The lowest BCUT2D eigenvalue weighted by Gasteiger charge is -2.09. The largest absolute Gasteiger partial charge is 0.308 e. The quantitative estimate of drug-likeness (QED) is 0.631. The standard InChI is InChI=1S/C12H18N6/c1-5-10-9(6-18(4)17-10)12-14-8(3)7(2)11(15-12)16-13/h6H,5,13H2,1-4H3,(H,14,15,16). The van der Waals surface area contributed by atoms with Crippen molar-refractivity contribution >= 4 is 5.82 Å². The number of aromatic nitrogens is 4. The number of hydrogen-bond acceptors (Lipinski definition) is 5. The molecular weight excluding hydrogens is 228 g/mol. The van der Waals surface area contributed by atoms with Gasteiger partial charge in [-0.25, -0.2) is 15.8 Å². The Kier molecular flexibility index (Phi) is 3.29. The van der Waals surface area contributed by atoms with E-state index in [1.165, 1.54) is 0 Å². The molecule has 18 heavy (non-hydrogen) atoms. The molecule has 6 heteroatoms. The number of nitrogen functional groups attached to an aromatic ring is 1. The highest BCUT2D eigenvalue weighted by atomic mass is 15.3. The molecule has 3 N–H and O–H groups in total. The molecule has 0 bridgehead atoms. The summed E-state index contributed by atoms with van der Waals surface area (Å²) in [5.74, 6) is 6.80. The molecule has 0 amide bonds. The van der Waals surface area contributed by atoms with Crippen LogP contribution in [0.15, 0.2) is 6.20 Å². The number of aryl methyl sites for hydroxylation is 3. The summed E-state index contributed by atoms with van der Waals surface area (Å²) in [5.41, 5.74) is 6.44. The lowest BCUT2D eigenvalue weighted by molar-refractivity contribution is 0.746. The van der Waals surface area contributed by atoms with Gasteiger partial charge in [0.25, 0.3) is 0 Å². The molecule has 0 saturated heterocycles. The third kappa shape index (κ3) is 2.06. The summed E-state index contributed by atoms with van der Waals surface area (Å²) in [6.07, 6.45) is 2.78. The second-order valence-electron chi connectivity index (χ2n) is 4.27. The van der Waals surface area contributed by atoms with Gasteiger partial charge in [0.05, 0.1) is 11.3 Å². The maximum absolute atomic E-state index is 5.48. The topological polar surface area (TPSA) is 81.7 Å². The summed E-state index contributed by atoms with van der Waals surface area (Å²) in [4.78, 5) is 8.96. The third-order valence-electron chi connectivity index (χ3n) is 3.01. The molecule has 0 aliphatic rings. The van der Waals surface area contributed by atoms with Gasteiger partial charge in [-0.2, -0.15) is 5.10 Å². The van der Waals surface area contributed by atoms with E-state index in [1.54, 1.807) is 4.68 Å². The van der Waals surface area contributed by atoms with Gasteiger partial charge in [-0.05, 0) is 20.3 Å². The minimum atomic E-state index is 0.656. The summed E-state index contributed by atoms with van der Waals surface area (Å²) in [6.45, 7) is 5.95. The molecule has 0 atom stereocenters. The number of hydrogen-bond donors (Lipinski definition) is 2. The van der Waals surface area contributed by atoms with Crippen LogP contribution < -0.4 is 11.3 Å². The predicted octanol–water partition coefficient (Wildman–Crippen LogP) is 1.34. The number of nitrogens with one attached hydrogen (secondary N) is 1. The van der Waals surface area contributed by atoms with Crippen molar-refractivity contribution in [3.05, 3.63) is 23.1 Å². The molecule has 2 rings (SSSR count). The number of rotatable bonds is 3. The smallest absolute Gasteiger partial charge is 0.165 e. The number of nitrogens with zero attached hydrogens (tertiary/aromatic N) is 4. The van der Waals surface area contributed by atoms with E-state index in [-0.39, 0.29) is 0 Å². The van der Waals surface area contributed by atoms with Gasteiger partial charge in [-0.3, -0.25) is 4.68 Å². The average Bonchev–Trinajstić information content (AvgIpc) is 2.73. The first-order chi connectivity index (χ1) is 8.56. The SMILES string of the molecule is CCc1nn(C)cc1-c1nc(C)c(C)c(NN)n1. The zero-order chi connectivity index (χ0) is 13.3. The van der Waals surface area contributed by atoms with Gasteiger partial charge in [-0.15, -0.1) is 0 Å². The molecule has 2 aromatic rings. The lowest BCUT2D eigenvalue weighted by Crippen LogP contribution is -2.12. The summed E-state index contributed by atoms with van der Waals surface area (Å²) < 4.78 is 1.78. The van der Waals surface area contributed by atoms with E-state index in [4.69, 9.17) is 5.84 Å². The van der Waals surface area contributed by atoms with Gasteiger partial charge in [0.15, 0.2) is 5.82 Å². The van der Waals surface area contributed by atoms with Crippen LogP contribution in [0.25, 0.3) is 11.4 Å². The van der Waals surface area contributed by atoms with Crippen molar-refractivity contribution in [3.8, 4) is 11.4 Å². The van der Waals surface area contributed by atoms with E-state index in [0.29, 0.717) is 11.6 Å². The van der Waals surface area contributed by atoms with Crippen LogP contribution in [-0.4, -0.2) is 19.7 Å². The Morgan fingerprint density at radius 2 is 2.06 bits per heavy atom. The molecule has 96 valence electrons. The molecule has 0 aromatic carbocycles. The van der Waals surface area contributed by atoms with Crippen LogP contribution in [0.5, 0.6) is 0 Å². The Bertz CT molecular complexity index is 572. The molecule has 2 aromatic heterocycles. The Morgan fingerprint density at radius 3 is 2.67 bits per heavy atom. The molecule has 2 heterocycles. The minimum Gasteiger partial charge on any atom is -0.308 e. The van der Waals surface area contributed by atoms with Crippen LogP contribution in [-0.2, 0) is 13.5 Å². The van der Waals surface area contributed by atoms with E-state index in [0.717, 1.165) is 28.9 Å². The fourth-order valence-electron chi connectivity index (χ4n) is 1.87. The van der Waals surface area contributed by atoms with Crippen LogP contribution in [0.2, 0.25) is 0 Å². The monoisotopic (exact) mass is 246 g/mol. The Labute approximate surface area is 106 Å². The minimum absolute atomic E-state index is 0.656. The zero-order valence-corrected chi connectivity index (χ0v) is 11.2. The van der Waals surface area contributed by atoms with Gasteiger partial charge in [0.2, 0.25) is 0 Å². The van der Waals surface area contributed by atoms with Crippen LogP contribution in [0, 0.1) is 13.8 Å². The van der Waals surface area contributed by atoms with Crippen molar-refractivity contribution in [2.24, 2.45) is 12.9 Å². The van der Waals surface area contributed by atoms with Gasteiger partial charge in [0, 0.05) is 24.5 Å². The summed E-state index contributed by atoms with van der Waals surface area (Å²) >= 11 is 0. The molecule has 0 fully saturated rings. The highest BCUT2D eigenvalue weighted by Gasteiger charge is 2.14. The second kappa shape index (κ2) is 4.73. The van der Waals surface area contributed by atoms with Crippen molar-refractivity contribution in [3.63, 3.8) is 0 Å². The fraction of sp³-hybridized carbons (Fsp3) is 0.417. The van der Waals surface area contributed by atoms with Gasteiger partial charge in [0.1, 0.15) is 5.82 Å². The molecule has 0 radical (unpaired) electrons. The van der Waals surface area contributed by atoms with E-state index in [1.807, 2.05) is 27.1 Å². The normalized spacial score (nSPS) is 10.7. The van der Waals surface area contributed by atoms with Gasteiger partial charge >= 0.3 is 0 Å². The average molecular weight is 246 g/mol. The van der Waals surface area contributed by atoms with Crippen molar-refractivity contribution in [1.82, 2.24) is 19.7 Å². The van der Waals surface area contributed by atoms with Gasteiger partial charge < -0.3 is 5.43 Å². The first kappa shape index (κ1) is 12.5.